The number of benzene rings is 3. The highest BCUT2D eigenvalue weighted by Gasteiger charge is 2.37. The summed E-state index contributed by atoms with van der Waals surface area (Å²) in [5.41, 5.74) is 6.98. The van der Waals surface area contributed by atoms with E-state index in [1.165, 1.54) is 6.07 Å². The third-order valence-corrected chi connectivity index (χ3v) is 9.78. The number of nitrogens with zero attached hydrogens (tertiary/aromatic N) is 3. The molecule has 4 rings (SSSR count). The maximum atomic E-state index is 14.6. The number of halogens is 1. The lowest BCUT2D eigenvalue weighted by Crippen LogP contribution is -2.55. The van der Waals surface area contributed by atoms with Crippen molar-refractivity contribution in [3.05, 3.63) is 138 Å². The molecule has 0 aromatic heterocycles. The van der Waals surface area contributed by atoms with Gasteiger partial charge in [-0.15, -0.1) is 0 Å². The van der Waals surface area contributed by atoms with Crippen LogP contribution in [-0.4, -0.2) is 72.2 Å². The summed E-state index contributed by atoms with van der Waals surface area (Å²) in [4.78, 5) is 3.60. The zero-order chi connectivity index (χ0) is 37.1. The maximum absolute atomic E-state index is 14.6. The van der Waals surface area contributed by atoms with Gasteiger partial charge in [-0.05, 0) is 78.1 Å². The van der Waals surface area contributed by atoms with Crippen molar-refractivity contribution in [2.45, 2.75) is 64.8 Å². The molecule has 1 aliphatic rings. The zero-order valence-corrected chi connectivity index (χ0v) is 31.2. The summed E-state index contributed by atoms with van der Waals surface area (Å²) in [6, 6.07) is 19.4. The topological polar surface area (TPSA) is 62.0 Å². The number of likely N-dealkylation sites (N-methyl/N-ethyl adjacent to an activating group) is 1. The number of hydrogen-bond acceptors (Lipinski definition) is 5. The summed E-state index contributed by atoms with van der Waals surface area (Å²) < 4.78 is 16.8. The second-order valence-corrected chi connectivity index (χ2v) is 13.5. The van der Waals surface area contributed by atoms with Crippen LogP contribution in [0, 0.1) is 19.7 Å². The second-order valence-electron chi connectivity index (χ2n) is 13.5. The minimum absolute atomic E-state index is 0.241. The largest absolute Gasteiger partial charge is 0.394 e. The summed E-state index contributed by atoms with van der Waals surface area (Å²) in [5, 5.41) is 25.4. The third kappa shape index (κ3) is 9.48. The lowest BCUT2D eigenvalue weighted by Gasteiger charge is -2.42. The minimum atomic E-state index is -2.15. The Bertz CT molecular complexity index is 1660. The first-order valence-corrected chi connectivity index (χ1v) is 17.5. The Balaban J connectivity index is 0.00000160. The van der Waals surface area contributed by atoms with E-state index in [-0.39, 0.29) is 11.9 Å². The normalized spacial score (nSPS) is 15.1. The highest BCUT2D eigenvalue weighted by atomic mass is 19.1. The van der Waals surface area contributed by atoms with Crippen molar-refractivity contribution in [3.8, 4) is 0 Å². The number of rotatable bonds is 13. The number of allylic oxidation sites excluding steroid dienone is 2. The van der Waals surface area contributed by atoms with E-state index in [4.69, 9.17) is 0 Å². The molecular weight excluding hydrogens is 623 g/mol. The van der Waals surface area contributed by atoms with Gasteiger partial charge in [-0.3, -0.25) is 0 Å². The average molecular weight is 682 g/mol. The lowest BCUT2D eigenvalue weighted by molar-refractivity contribution is -0.521. The van der Waals surface area contributed by atoms with E-state index in [1.54, 1.807) is 29.3 Å². The Morgan fingerprint density at radius 2 is 1.60 bits per heavy atom. The first-order chi connectivity index (χ1) is 23.8. The van der Waals surface area contributed by atoms with Crippen LogP contribution in [0.25, 0.3) is 11.6 Å². The van der Waals surface area contributed by atoms with Crippen LogP contribution in [0.3, 0.4) is 0 Å². The Morgan fingerprint density at radius 3 is 2.14 bits per heavy atom. The average Bonchev–Trinajstić information content (AvgIpc) is 3.11. The monoisotopic (exact) mass is 681 g/mol. The zero-order valence-electron chi connectivity index (χ0n) is 31.2. The summed E-state index contributed by atoms with van der Waals surface area (Å²) >= 11 is 0. The molecular formula is C43H58FN4O2+. The molecule has 0 bridgehead atoms. The Kier molecular flexibility index (Phi) is 14.5. The predicted molar refractivity (Wildman–Crippen MR) is 210 cm³/mol. The standard InChI is InChI=1S/C40H51FN3O2.C3H7N/c1-9-13-34(11-3)42(8)23-22-36(35-15-12-14-31(10-2)30(35)5)39(6,7)32-17-19-33(20-18-32)40(45,46)44-26-24-43(25-27-44)38-21-16-29(4)28-37(38)41;1-3-4-2/h10-12,14-23,28,34,45-46H,2-3,9,13,24-27H2,1,4-8H3;3-4H,1H2,2H3/q+1;/b36-22+,42-23?;. The quantitative estimate of drug-likeness (QED) is 0.0745. The van der Waals surface area contributed by atoms with Crippen molar-refractivity contribution in [2.75, 3.05) is 45.2 Å². The van der Waals surface area contributed by atoms with Crippen molar-refractivity contribution in [1.82, 2.24) is 10.2 Å². The van der Waals surface area contributed by atoms with Crippen LogP contribution in [-0.2, 0) is 11.3 Å². The van der Waals surface area contributed by atoms with Gasteiger partial charge in [0.15, 0.2) is 12.3 Å². The van der Waals surface area contributed by atoms with Gasteiger partial charge in [-0.2, -0.15) is 0 Å². The molecule has 3 N–H and O–H groups in total. The van der Waals surface area contributed by atoms with Gasteiger partial charge in [0.2, 0.25) is 0 Å². The Hall–Kier alpha value is -4.30. The van der Waals surface area contributed by atoms with Gasteiger partial charge in [-0.25, -0.2) is 13.9 Å². The maximum Gasteiger partial charge on any atom is 0.253 e. The molecule has 7 heteroatoms. The van der Waals surface area contributed by atoms with E-state index in [9.17, 15) is 14.6 Å². The number of piperazine rings is 1. The molecule has 1 unspecified atom stereocenters. The van der Waals surface area contributed by atoms with Gasteiger partial charge in [0.05, 0.1) is 5.69 Å². The fourth-order valence-electron chi connectivity index (χ4n) is 6.46. The molecule has 1 atom stereocenters. The molecule has 1 fully saturated rings. The Morgan fingerprint density at radius 1 is 0.980 bits per heavy atom. The lowest BCUT2D eigenvalue weighted by atomic mass is 9.73. The molecule has 3 aromatic rings. The molecule has 1 heterocycles. The van der Waals surface area contributed by atoms with E-state index in [0.29, 0.717) is 37.4 Å². The van der Waals surface area contributed by atoms with E-state index in [1.807, 2.05) is 49.2 Å². The molecule has 3 aromatic carbocycles. The van der Waals surface area contributed by atoms with Crippen LogP contribution in [0.15, 0.2) is 98.8 Å². The van der Waals surface area contributed by atoms with E-state index in [0.717, 1.165) is 46.2 Å². The van der Waals surface area contributed by atoms with Crippen LogP contribution >= 0.6 is 0 Å². The first kappa shape index (κ1) is 40.1. The van der Waals surface area contributed by atoms with Crippen molar-refractivity contribution in [1.29, 1.82) is 0 Å². The number of hydrogen-bond donors (Lipinski definition) is 3. The van der Waals surface area contributed by atoms with Crippen molar-refractivity contribution >= 4 is 23.6 Å². The highest BCUT2D eigenvalue weighted by molar-refractivity contribution is 5.88. The highest BCUT2D eigenvalue weighted by Crippen LogP contribution is 2.40. The van der Waals surface area contributed by atoms with Crippen LogP contribution in [0.2, 0.25) is 0 Å². The van der Waals surface area contributed by atoms with E-state index < -0.39 is 11.3 Å². The Labute approximate surface area is 300 Å². The molecule has 1 saturated heterocycles. The van der Waals surface area contributed by atoms with Gasteiger partial charge < -0.3 is 20.4 Å². The summed E-state index contributed by atoms with van der Waals surface area (Å²) in [6.45, 7) is 23.8. The molecule has 0 saturated carbocycles. The molecule has 50 heavy (non-hydrogen) atoms. The smallest absolute Gasteiger partial charge is 0.253 e. The molecule has 6 nitrogen and oxygen atoms in total. The van der Waals surface area contributed by atoms with Gasteiger partial charge in [-0.1, -0.05) is 95.1 Å². The molecule has 268 valence electrons. The molecule has 0 radical (unpaired) electrons. The van der Waals surface area contributed by atoms with Gasteiger partial charge >= 0.3 is 0 Å². The van der Waals surface area contributed by atoms with Crippen molar-refractivity contribution < 1.29 is 19.2 Å². The number of nitrogens with one attached hydrogen (secondary N) is 1. The molecule has 1 aliphatic heterocycles. The SMILES string of the molecule is C=CNC.C=Cc1cccc(/C(=C\C=[N+](C)C(C=C)CCC)C(C)(C)c2ccc(C(O)(O)N3CCN(c4ccc(C)cc4F)CC3)cc2)c1C. The van der Waals surface area contributed by atoms with Gasteiger partial charge in [0.25, 0.3) is 5.91 Å². The van der Waals surface area contributed by atoms with Crippen LogP contribution in [0.5, 0.6) is 0 Å². The summed E-state index contributed by atoms with van der Waals surface area (Å²) in [6.07, 6.45) is 12.0. The van der Waals surface area contributed by atoms with Crippen molar-refractivity contribution in [3.63, 3.8) is 0 Å². The van der Waals surface area contributed by atoms with Crippen LogP contribution in [0.4, 0.5) is 10.1 Å². The minimum Gasteiger partial charge on any atom is -0.394 e. The summed E-state index contributed by atoms with van der Waals surface area (Å²) in [5.74, 6) is -2.40. The van der Waals surface area contributed by atoms with Crippen LogP contribution < -0.4 is 10.2 Å². The van der Waals surface area contributed by atoms with Crippen molar-refractivity contribution in [2.24, 2.45) is 0 Å². The summed E-state index contributed by atoms with van der Waals surface area (Å²) in [7, 11) is 3.90. The molecule has 0 amide bonds. The van der Waals surface area contributed by atoms with Gasteiger partial charge in [0.1, 0.15) is 12.9 Å². The molecule has 0 aliphatic carbocycles. The van der Waals surface area contributed by atoms with Gasteiger partial charge in [0, 0.05) is 56.7 Å². The third-order valence-electron chi connectivity index (χ3n) is 9.78. The fraction of sp³-hybridized carbons (Fsp3) is 0.372. The van der Waals surface area contributed by atoms with E-state index >= 15 is 0 Å². The van der Waals surface area contributed by atoms with Crippen LogP contribution in [0.1, 0.15) is 67.0 Å². The second kappa shape index (κ2) is 18.1. The first-order valence-electron chi connectivity index (χ1n) is 17.5. The molecule has 0 spiro atoms. The number of anilines is 1. The number of aliphatic hydroxyl groups is 2. The number of aryl methyl sites for hydroxylation is 1. The fourth-order valence-corrected chi connectivity index (χ4v) is 6.46. The van der Waals surface area contributed by atoms with E-state index in [2.05, 4.69) is 94.9 Å². The predicted octanol–water partition coefficient (Wildman–Crippen LogP) is 7.78.